The highest BCUT2D eigenvalue weighted by Gasteiger charge is 2.30. The molecule has 78 valence electrons. The van der Waals surface area contributed by atoms with Crippen LogP contribution in [0.1, 0.15) is 58.3 Å². The van der Waals surface area contributed by atoms with Gasteiger partial charge in [-0.2, -0.15) is 0 Å². The molecular weight excluding hydrogens is 162 g/mol. The van der Waals surface area contributed by atoms with Gasteiger partial charge in [0, 0.05) is 6.04 Å². The van der Waals surface area contributed by atoms with Crippen molar-refractivity contribution in [1.29, 1.82) is 0 Å². The van der Waals surface area contributed by atoms with E-state index in [9.17, 15) is 5.11 Å². The molecular formula is C11H23NO. The van der Waals surface area contributed by atoms with Gasteiger partial charge in [0.05, 0.1) is 5.60 Å². The van der Waals surface area contributed by atoms with Crippen molar-refractivity contribution in [1.82, 2.24) is 0 Å². The molecule has 0 saturated heterocycles. The molecule has 1 fully saturated rings. The third-order valence-corrected chi connectivity index (χ3v) is 3.21. The number of aliphatic hydroxyl groups is 1. The van der Waals surface area contributed by atoms with E-state index >= 15 is 0 Å². The van der Waals surface area contributed by atoms with Gasteiger partial charge in [0.25, 0.3) is 0 Å². The van der Waals surface area contributed by atoms with Crippen LogP contribution in [0.15, 0.2) is 0 Å². The molecule has 1 saturated carbocycles. The molecule has 0 radical (unpaired) electrons. The average molecular weight is 185 g/mol. The summed E-state index contributed by atoms with van der Waals surface area (Å²) in [4.78, 5) is 0. The summed E-state index contributed by atoms with van der Waals surface area (Å²) in [6, 6.07) is 0.339. The topological polar surface area (TPSA) is 46.2 Å². The van der Waals surface area contributed by atoms with Gasteiger partial charge in [-0.05, 0) is 32.1 Å². The highest BCUT2D eigenvalue weighted by atomic mass is 16.3. The Morgan fingerprint density at radius 2 is 1.92 bits per heavy atom. The molecule has 0 heterocycles. The molecule has 13 heavy (non-hydrogen) atoms. The van der Waals surface area contributed by atoms with Gasteiger partial charge in [0.1, 0.15) is 0 Å². The first-order valence-electron chi connectivity index (χ1n) is 5.64. The lowest BCUT2D eigenvalue weighted by molar-refractivity contribution is -0.00980. The first-order chi connectivity index (χ1) is 6.16. The predicted octanol–water partition coefficient (Wildman–Crippen LogP) is 2.20. The Morgan fingerprint density at radius 3 is 2.46 bits per heavy atom. The van der Waals surface area contributed by atoms with Gasteiger partial charge in [-0.3, -0.25) is 0 Å². The Bertz CT molecular complexity index is 139. The first kappa shape index (κ1) is 11.0. The van der Waals surface area contributed by atoms with Crippen LogP contribution in [0.5, 0.6) is 0 Å². The van der Waals surface area contributed by atoms with E-state index in [-0.39, 0.29) is 5.60 Å². The number of hydrogen-bond acceptors (Lipinski definition) is 2. The molecule has 2 nitrogen and oxygen atoms in total. The smallest absolute Gasteiger partial charge is 0.0649 e. The van der Waals surface area contributed by atoms with E-state index in [1.807, 2.05) is 0 Å². The van der Waals surface area contributed by atoms with E-state index in [1.165, 1.54) is 19.3 Å². The van der Waals surface area contributed by atoms with Crippen LogP contribution in [-0.4, -0.2) is 16.7 Å². The fraction of sp³-hybridized carbons (Fsp3) is 1.00. The van der Waals surface area contributed by atoms with Gasteiger partial charge in [0.15, 0.2) is 0 Å². The highest BCUT2D eigenvalue weighted by Crippen LogP contribution is 2.31. The van der Waals surface area contributed by atoms with Crippen molar-refractivity contribution in [2.24, 2.45) is 5.73 Å². The minimum atomic E-state index is -0.370. The van der Waals surface area contributed by atoms with Gasteiger partial charge in [-0.25, -0.2) is 0 Å². The zero-order valence-electron chi connectivity index (χ0n) is 8.76. The molecule has 0 spiro atoms. The van der Waals surface area contributed by atoms with Crippen LogP contribution in [0.3, 0.4) is 0 Å². The second kappa shape index (κ2) is 4.97. The van der Waals surface area contributed by atoms with E-state index in [4.69, 9.17) is 5.73 Å². The zero-order valence-corrected chi connectivity index (χ0v) is 8.76. The molecule has 0 amide bonds. The molecule has 2 heteroatoms. The van der Waals surface area contributed by atoms with E-state index in [0.29, 0.717) is 6.04 Å². The van der Waals surface area contributed by atoms with E-state index < -0.39 is 0 Å². The van der Waals surface area contributed by atoms with Crippen LogP contribution < -0.4 is 5.73 Å². The second-order valence-corrected chi connectivity index (χ2v) is 4.52. The van der Waals surface area contributed by atoms with Crippen molar-refractivity contribution in [3.8, 4) is 0 Å². The quantitative estimate of drug-likeness (QED) is 0.660. The maximum Gasteiger partial charge on any atom is 0.0649 e. The molecule has 1 aliphatic rings. The standard InChI is InChI=1S/C11H23NO/c1-2-3-4-7-11(13)8-5-10(12)6-9-11/h10,13H,2-9,12H2,1H3. The van der Waals surface area contributed by atoms with Crippen LogP contribution in [0, 0.1) is 0 Å². The summed E-state index contributed by atoms with van der Waals surface area (Å²) in [6.07, 6.45) is 8.46. The number of rotatable bonds is 4. The maximum absolute atomic E-state index is 10.2. The van der Waals surface area contributed by atoms with Crippen LogP contribution in [0.25, 0.3) is 0 Å². The van der Waals surface area contributed by atoms with Crippen molar-refractivity contribution in [3.05, 3.63) is 0 Å². The molecule has 0 atom stereocenters. The van der Waals surface area contributed by atoms with E-state index in [0.717, 1.165) is 32.1 Å². The average Bonchev–Trinajstić information content (AvgIpc) is 2.12. The largest absolute Gasteiger partial charge is 0.390 e. The molecule has 0 aromatic rings. The van der Waals surface area contributed by atoms with Crippen molar-refractivity contribution in [2.45, 2.75) is 69.9 Å². The Morgan fingerprint density at radius 1 is 1.31 bits per heavy atom. The summed E-state index contributed by atoms with van der Waals surface area (Å²) >= 11 is 0. The molecule has 3 N–H and O–H groups in total. The number of nitrogens with two attached hydrogens (primary N) is 1. The van der Waals surface area contributed by atoms with Crippen LogP contribution in [0.4, 0.5) is 0 Å². The van der Waals surface area contributed by atoms with Gasteiger partial charge >= 0.3 is 0 Å². The summed E-state index contributed by atoms with van der Waals surface area (Å²) < 4.78 is 0. The normalized spacial score (nSPS) is 34.8. The van der Waals surface area contributed by atoms with Crippen molar-refractivity contribution >= 4 is 0 Å². The third-order valence-electron chi connectivity index (χ3n) is 3.21. The monoisotopic (exact) mass is 185 g/mol. The molecule has 0 bridgehead atoms. The SMILES string of the molecule is CCCCCC1(O)CCC(N)CC1. The van der Waals surface area contributed by atoms with E-state index in [1.54, 1.807) is 0 Å². The second-order valence-electron chi connectivity index (χ2n) is 4.52. The van der Waals surface area contributed by atoms with Crippen molar-refractivity contribution < 1.29 is 5.11 Å². The minimum Gasteiger partial charge on any atom is -0.390 e. The van der Waals surface area contributed by atoms with Crippen LogP contribution >= 0.6 is 0 Å². The zero-order chi connectivity index (χ0) is 9.73. The summed E-state index contributed by atoms with van der Waals surface area (Å²) in [5, 5.41) is 10.2. The summed E-state index contributed by atoms with van der Waals surface area (Å²) in [5.41, 5.74) is 5.43. The Kier molecular flexibility index (Phi) is 4.20. The highest BCUT2D eigenvalue weighted by molar-refractivity contribution is 4.86. The van der Waals surface area contributed by atoms with Gasteiger partial charge in [-0.1, -0.05) is 26.2 Å². The molecule has 1 aliphatic carbocycles. The summed E-state index contributed by atoms with van der Waals surface area (Å²) in [6.45, 7) is 2.20. The van der Waals surface area contributed by atoms with E-state index in [2.05, 4.69) is 6.92 Å². The fourth-order valence-electron chi connectivity index (χ4n) is 2.13. The van der Waals surface area contributed by atoms with Crippen LogP contribution in [-0.2, 0) is 0 Å². The van der Waals surface area contributed by atoms with Gasteiger partial charge in [-0.15, -0.1) is 0 Å². The fourth-order valence-corrected chi connectivity index (χ4v) is 2.13. The first-order valence-corrected chi connectivity index (χ1v) is 5.64. The van der Waals surface area contributed by atoms with Gasteiger partial charge in [0.2, 0.25) is 0 Å². The lowest BCUT2D eigenvalue weighted by Crippen LogP contribution is -2.38. The Labute approximate surface area is 81.5 Å². The lowest BCUT2D eigenvalue weighted by Gasteiger charge is -2.34. The Balaban J connectivity index is 2.22. The molecule has 0 aromatic carbocycles. The summed E-state index contributed by atoms with van der Waals surface area (Å²) in [5.74, 6) is 0. The predicted molar refractivity (Wildman–Crippen MR) is 55.5 cm³/mol. The summed E-state index contributed by atoms with van der Waals surface area (Å²) in [7, 11) is 0. The van der Waals surface area contributed by atoms with Gasteiger partial charge < -0.3 is 10.8 Å². The number of unbranched alkanes of at least 4 members (excludes halogenated alkanes) is 2. The van der Waals surface area contributed by atoms with Crippen molar-refractivity contribution in [2.75, 3.05) is 0 Å². The maximum atomic E-state index is 10.2. The Hall–Kier alpha value is -0.0800. The van der Waals surface area contributed by atoms with Crippen molar-refractivity contribution in [3.63, 3.8) is 0 Å². The number of hydrogen-bond donors (Lipinski definition) is 2. The molecule has 0 aromatic heterocycles. The lowest BCUT2D eigenvalue weighted by atomic mass is 9.79. The molecule has 0 aliphatic heterocycles. The molecule has 1 rings (SSSR count). The third kappa shape index (κ3) is 3.65. The molecule has 0 unspecified atom stereocenters. The minimum absolute atomic E-state index is 0.339. The van der Waals surface area contributed by atoms with Crippen LogP contribution in [0.2, 0.25) is 0 Å².